The van der Waals surface area contributed by atoms with Crippen molar-refractivity contribution >= 4 is 10.2 Å². The van der Waals surface area contributed by atoms with Crippen molar-refractivity contribution in [3.63, 3.8) is 0 Å². The number of morpholine rings is 1. The molecule has 6 nitrogen and oxygen atoms in total. The maximum absolute atomic E-state index is 11.9. The van der Waals surface area contributed by atoms with Crippen LogP contribution in [-0.2, 0) is 14.9 Å². The summed E-state index contributed by atoms with van der Waals surface area (Å²) in [7, 11) is -3.33. The van der Waals surface area contributed by atoms with Gasteiger partial charge in [0, 0.05) is 13.1 Å². The Labute approximate surface area is 90.2 Å². The van der Waals surface area contributed by atoms with Gasteiger partial charge in [-0.25, -0.2) is 0 Å². The molecule has 1 atom stereocenters. The van der Waals surface area contributed by atoms with Gasteiger partial charge in [0.05, 0.1) is 19.4 Å². The first-order valence-corrected chi connectivity index (χ1v) is 6.71. The fourth-order valence-corrected chi connectivity index (χ4v) is 3.17. The van der Waals surface area contributed by atoms with Crippen LogP contribution in [0.2, 0.25) is 0 Å². The van der Waals surface area contributed by atoms with Gasteiger partial charge in [0.25, 0.3) is 10.2 Å². The molecule has 0 aromatic rings. The summed E-state index contributed by atoms with van der Waals surface area (Å²) in [5.41, 5.74) is 0. The van der Waals surface area contributed by atoms with Crippen LogP contribution < -0.4 is 10.0 Å². The third-order valence-corrected chi connectivity index (χ3v) is 4.29. The number of rotatable bonds is 3. The highest BCUT2D eigenvalue weighted by molar-refractivity contribution is 7.87. The lowest BCUT2D eigenvalue weighted by molar-refractivity contribution is 0.0723. The summed E-state index contributed by atoms with van der Waals surface area (Å²) in [5.74, 6) is 0. The molecule has 2 N–H and O–H groups in total. The van der Waals surface area contributed by atoms with Crippen LogP contribution >= 0.6 is 0 Å². The number of hydrogen-bond acceptors (Lipinski definition) is 4. The summed E-state index contributed by atoms with van der Waals surface area (Å²) in [6.45, 7) is 2.75. The van der Waals surface area contributed by atoms with Crippen LogP contribution in [0.5, 0.6) is 0 Å². The zero-order valence-electron chi connectivity index (χ0n) is 8.61. The molecule has 88 valence electrons. The molecule has 0 aliphatic carbocycles. The van der Waals surface area contributed by atoms with Gasteiger partial charge in [-0.15, -0.1) is 0 Å². The molecular formula is C8H17N3O3S. The van der Waals surface area contributed by atoms with E-state index in [-0.39, 0.29) is 6.17 Å². The zero-order valence-corrected chi connectivity index (χ0v) is 9.42. The summed E-state index contributed by atoms with van der Waals surface area (Å²) >= 11 is 0. The van der Waals surface area contributed by atoms with Crippen molar-refractivity contribution in [1.29, 1.82) is 0 Å². The van der Waals surface area contributed by atoms with E-state index in [0.717, 1.165) is 19.4 Å². The van der Waals surface area contributed by atoms with Crippen LogP contribution in [0.15, 0.2) is 0 Å². The molecule has 0 spiro atoms. The quantitative estimate of drug-likeness (QED) is 0.649. The van der Waals surface area contributed by atoms with Crippen molar-refractivity contribution in [2.24, 2.45) is 0 Å². The summed E-state index contributed by atoms with van der Waals surface area (Å²) in [5, 5.41) is 3.10. The molecule has 2 rings (SSSR count). The minimum atomic E-state index is -3.33. The van der Waals surface area contributed by atoms with Crippen LogP contribution in [0, 0.1) is 0 Å². The number of nitrogens with one attached hydrogen (secondary N) is 2. The van der Waals surface area contributed by atoms with Crippen LogP contribution in [-0.4, -0.2) is 51.7 Å². The molecule has 2 fully saturated rings. The van der Waals surface area contributed by atoms with E-state index in [4.69, 9.17) is 4.74 Å². The summed E-state index contributed by atoms with van der Waals surface area (Å²) < 4.78 is 32.9. The lowest BCUT2D eigenvalue weighted by atomic mass is 10.3. The summed E-state index contributed by atoms with van der Waals surface area (Å²) in [6.07, 6.45) is 1.79. The average molecular weight is 235 g/mol. The maximum Gasteiger partial charge on any atom is 0.280 e. The molecule has 0 amide bonds. The first-order valence-electron chi connectivity index (χ1n) is 5.27. The Morgan fingerprint density at radius 3 is 2.67 bits per heavy atom. The van der Waals surface area contributed by atoms with Gasteiger partial charge in [0.15, 0.2) is 0 Å². The van der Waals surface area contributed by atoms with E-state index in [1.165, 1.54) is 4.31 Å². The fourth-order valence-electron chi connectivity index (χ4n) is 1.83. The van der Waals surface area contributed by atoms with Gasteiger partial charge in [0.2, 0.25) is 0 Å². The smallest absolute Gasteiger partial charge is 0.280 e. The molecule has 2 heterocycles. The van der Waals surface area contributed by atoms with E-state index in [0.29, 0.717) is 26.3 Å². The van der Waals surface area contributed by atoms with Gasteiger partial charge in [-0.3, -0.25) is 0 Å². The van der Waals surface area contributed by atoms with Crippen LogP contribution in [0.3, 0.4) is 0 Å². The van der Waals surface area contributed by atoms with Crippen LogP contribution in [0.4, 0.5) is 0 Å². The van der Waals surface area contributed by atoms with Crippen molar-refractivity contribution in [1.82, 2.24) is 14.3 Å². The minimum Gasteiger partial charge on any atom is -0.379 e. The Kier molecular flexibility index (Phi) is 3.57. The third-order valence-electron chi connectivity index (χ3n) is 2.66. The van der Waals surface area contributed by atoms with Gasteiger partial charge >= 0.3 is 0 Å². The summed E-state index contributed by atoms with van der Waals surface area (Å²) in [4.78, 5) is 0. The SMILES string of the molecule is O=S(=O)(NC1CCCN1)N1CCOCC1. The van der Waals surface area contributed by atoms with E-state index in [9.17, 15) is 8.42 Å². The Morgan fingerprint density at radius 2 is 2.07 bits per heavy atom. The fraction of sp³-hybridized carbons (Fsp3) is 1.00. The Balaban J connectivity index is 1.92. The predicted octanol–water partition coefficient (Wildman–Crippen LogP) is -1.14. The number of nitrogens with zero attached hydrogens (tertiary/aromatic N) is 1. The molecule has 0 saturated carbocycles. The second-order valence-corrected chi connectivity index (χ2v) is 5.49. The lowest BCUT2D eigenvalue weighted by Gasteiger charge is -2.27. The maximum atomic E-state index is 11.9. The van der Waals surface area contributed by atoms with E-state index in [1.54, 1.807) is 0 Å². The standard InChI is InChI=1S/C8H17N3O3S/c12-15(13,10-8-2-1-3-9-8)11-4-6-14-7-5-11/h8-10H,1-7H2. The van der Waals surface area contributed by atoms with Crippen molar-refractivity contribution in [3.8, 4) is 0 Å². The van der Waals surface area contributed by atoms with E-state index < -0.39 is 10.2 Å². The first kappa shape index (κ1) is 11.3. The molecule has 0 bridgehead atoms. The van der Waals surface area contributed by atoms with Crippen LogP contribution in [0.1, 0.15) is 12.8 Å². The molecule has 1 unspecified atom stereocenters. The van der Waals surface area contributed by atoms with E-state index >= 15 is 0 Å². The second kappa shape index (κ2) is 4.75. The van der Waals surface area contributed by atoms with E-state index in [2.05, 4.69) is 10.0 Å². The van der Waals surface area contributed by atoms with Crippen LogP contribution in [0.25, 0.3) is 0 Å². The molecule has 0 aromatic carbocycles. The number of hydrogen-bond donors (Lipinski definition) is 2. The highest BCUT2D eigenvalue weighted by Gasteiger charge is 2.27. The van der Waals surface area contributed by atoms with Crippen molar-refractivity contribution in [2.75, 3.05) is 32.8 Å². The molecule has 2 saturated heterocycles. The molecule has 0 aromatic heterocycles. The molecule has 15 heavy (non-hydrogen) atoms. The van der Waals surface area contributed by atoms with Crippen molar-refractivity contribution < 1.29 is 13.2 Å². The Hall–Kier alpha value is -0.210. The molecular weight excluding hydrogens is 218 g/mol. The van der Waals surface area contributed by atoms with Crippen molar-refractivity contribution in [3.05, 3.63) is 0 Å². The van der Waals surface area contributed by atoms with Gasteiger partial charge in [-0.1, -0.05) is 0 Å². The predicted molar refractivity (Wildman–Crippen MR) is 55.5 cm³/mol. The van der Waals surface area contributed by atoms with Gasteiger partial charge in [-0.2, -0.15) is 17.4 Å². The molecule has 7 heteroatoms. The molecule has 2 aliphatic heterocycles. The normalized spacial score (nSPS) is 29.5. The van der Waals surface area contributed by atoms with Gasteiger partial charge in [0.1, 0.15) is 0 Å². The summed E-state index contributed by atoms with van der Waals surface area (Å²) in [6, 6.07) is 0. The largest absolute Gasteiger partial charge is 0.379 e. The van der Waals surface area contributed by atoms with Gasteiger partial charge < -0.3 is 10.1 Å². The molecule has 0 radical (unpaired) electrons. The molecule has 2 aliphatic rings. The second-order valence-electron chi connectivity index (χ2n) is 3.78. The highest BCUT2D eigenvalue weighted by Crippen LogP contribution is 2.07. The van der Waals surface area contributed by atoms with Gasteiger partial charge in [-0.05, 0) is 19.4 Å². The Morgan fingerprint density at radius 1 is 1.33 bits per heavy atom. The topological polar surface area (TPSA) is 70.7 Å². The minimum absolute atomic E-state index is 0.0992. The monoisotopic (exact) mass is 235 g/mol. The van der Waals surface area contributed by atoms with Crippen molar-refractivity contribution in [2.45, 2.75) is 19.0 Å². The third kappa shape index (κ3) is 2.88. The Bertz CT molecular complexity index is 294. The highest BCUT2D eigenvalue weighted by atomic mass is 32.2. The van der Waals surface area contributed by atoms with E-state index in [1.807, 2.05) is 0 Å². The lowest BCUT2D eigenvalue weighted by Crippen LogP contribution is -2.51. The first-order chi connectivity index (χ1) is 7.18. The zero-order chi connectivity index (χ0) is 10.7. The number of ether oxygens (including phenoxy) is 1. The average Bonchev–Trinajstić information content (AvgIpc) is 2.71.